The summed E-state index contributed by atoms with van der Waals surface area (Å²) in [4.78, 5) is 16.7. The van der Waals surface area contributed by atoms with Gasteiger partial charge in [0.15, 0.2) is 17.2 Å². The van der Waals surface area contributed by atoms with Gasteiger partial charge < -0.3 is 14.2 Å². The molecule has 1 aliphatic rings. The van der Waals surface area contributed by atoms with Crippen LogP contribution in [0, 0.1) is 6.92 Å². The number of nitrogens with zero attached hydrogens (tertiary/aromatic N) is 1. The molecule has 4 rings (SSSR count). The average molecular weight is 482 g/mol. The first-order chi connectivity index (χ1) is 15.9. The second kappa shape index (κ2) is 10.1. The van der Waals surface area contributed by atoms with Crippen LogP contribution in [-0.2, 0) is 16.1 Å². The summed E-state index contributed by atoms with van der Waals surface area (Å²) >= 11 is 12.7. The van der Waals surface area contributed by atoms with Crippen LogP contribution in [0.1, 0.15) is 29.2 Å². The van der Waals surface area contributed by atoms with Crippen LogP contribution in [0.15, 0.2) is 71.4 Å². The third-order valence-electron chi connectivity index (χ3n) is 4.83. The van der Waals surface area contributed by atoms with Crippen LogP contribution >= 0.6 is 23.2 Å². The number of hydrogen-bond donors (Lipinski definition) is 0. The number of rotatable bonds is 7. The van der Waals surface area contributed by atoms with Crippen LogP contribution < -0.4 is 9.47 Å². The summed E-state index contributed by atoms with van der Waals surface area (Å²) in [6.45, 7) is 4.67. The van der Waals surface area contributed by atoms with E-state index in [-0.39, 0.29) is 11.6 Å². The zero-order valence-corrected chi connectivity index (χ0v) is 19.6. The van der Waals surface area contributed by atoms with E-state index in [1.807, 2.05) is 38.1 Å². The fourth-order valence-electron chi connectivity index (χ4n) is 3.35. The van der Waals surface area contributed by atoms with Crippen molar-refractivity contribution >= 4 is 41.1 Å². The first-order valence-electron chi connectivity index (χ1n) is 10.4. The molecule has 5 nitrogen and oxygen atoms in total. The van der Waals surface area contributed by atoms with Crippen LogP contribution in [0.5, 0.6) is 11.5 Å². The number of halogens is 2. The normalized spacial score (nSPS) is 14.2. The quantitative estimate of drug-likeness (QED) is 0.280. The predicted molar refractivity (Wildman–Crippen MR) is 130 cm³/mol. The zero-order valence-electron chi connectivity index (χ0n) is 18.1. The van der Waals surface area contributed by atoms with Gasteiger partial charge in [0.1, 0.15) is 6.61 Å². The van der Waals surface area contributed by atoms with Crippen molar-refractivity contribution in [3.05, 3.63) is 98.7 Å². The Hall–Kier alpha value is -3.28. The Balaban J connectivity index is 1.62. The number of carbonyl (C=O) groups is 1. The monoisotopic (exact) mass is 481 g/mol. The maximum atomic E-state index is 12.4. The highest BCUT2D eigenvalue weighted by atomic mass is 35.5. The summed E-state index contributed by atoms with van der Waals surface area (Å²) in [7, 11) is 0. The van der Waals surface area contributed by atoms with Crippen LogP contribution in [-0.4, -0.2) is 18.5 Å². The number of esters is 1. The van der Waals surface area contributed by atoms with Crippen molar-refractivity contribution in [1.82, 2.24) is 0 Å². The van der Waals surface area contributed by atoms with Crippen molar-refractivity contribution in [3.8, 4) is 11.5 Å². The van der Waals surface area contributed by atoms with Gasteiger partial charge in [-0.15, -0.1) is 0 Å². The van der Waals surface area contributed by atoms with Crippen LogP contribution in [0.3, 0.4) is 0 Å². The highest BCUT2D eigenvalue weighted by molar-refractivity contribution is 6.34. The third-order valence-corrected chi connectivity index (χ3v) is 5.44. The van der Waals surface area contributed by atoms with Gasteiger partial charge in [-0.1, -0.05) is 65.2 Å². The molecule has 7 heteroatoms. The van der Waals surface area contributed by atoms with Gasteiger partial charge in [-0.3, -0.25) is 0 Å². The minimum absolute atomic E-state index is 0.136. The minimum atomic E-state index is -0.571. The third kappa shape index (κ3) is 5.38. The Morgan fingerprint density at radius 3 is 2.58 bits per heavy atom. The maximum absolute atomic E-state index is 12.4. The molecule has 0 saturated carbocycles. The smallest absolute Gasteiger partial charge is 0.363 e. The van der Waals surface area contributed by atoms with E-state index in [1.54, 1.807) is 42.5 Å². The van der Waals surface area contributed by atoms with Crippen LogP contribution in [0.4, 0.5) is 0 Å². The molecule has 0 aromatic heterocycles. The van der Waals surface area contributed by atoms with Gasteiger partial charge in [-0.2, -0.15) is 0 Å². The Kier molecular flexibility index (Phi) is 7.02. The summed E-state index contributed by atoms with van der Waals surface area (Å²) in [5.41, 5.74) is 3.48. The van der Waals surface area contributed by atoms with Crippen molar-refractivity contribution < 1.29 is 19.0 Å². The molecule has 3 aromatic rings. The lowest BCUT2D eigenvalue weighted by Crippen LogP contribution is -2.05. The Morgan fingerprint density at radius 2 is 1.82 bits per heavy atom. The molecular formula is C26H21Cl2NO4. The highest BCUT2D eigenvalue weighted by Gasteiger charge is 2.26. The number of ether oxygens (including phenoxy) is 3. The second-order valence-electron chi connectivity index (χ2n) is 7.36. The number of aryl methyl sites for hydroxylation is 1. The van der Waals surface area contributed by atoms with Gasteiger partial charge in [0.2, 0.25) is 5.90 Å². The predicted octanol–water partition coefficient (Wildman–Crippen LogP) is 6.62. The van der Waals surface area contributed by atoms with E-state index in [4.69, 9.17) is 37.4 Å². The molecule has 1 heterocycles. The molecule has 0 saturated heterocycles. The molecular weight excluding hydrogens is 461 g/mol. The van der Waals surface area contributed by atoms with E-state index in [1.165, 1.54) is 0 Å². The fraction of sp³-hybridized carbons (Fsp3) is 0.154. The molecule has 0 bridgehead atoms. The van der Waals surface area contributed by atoms with Gasteiger partial charge in [-0.05, 0) is 55.3 Å². The summed E-state index contributed by atoms with van der Waals surface area (Å²) in [6.07, 6.45) is 1.59. The SMILES string of the molecule is CCOc1cc(/C=C2\N=C(c3ccccc3Cl)OC2=O)cc(Cl)c1OCc1cccc(C)c1. The first kappa shape index (κ1) is 22.9. The van der Waals surface area contributed by atoms with E-state index in [2.05, 4.69) is 4.99 Å². The highest BCUT2D eigenvalue weighted by Crippen LogP contribution is 2.38. The van der Waals surface area contributed by atoms with Gasteiger partial charge in [-0.25, -0.2) is 9.79 Å². The minimum Gasteiger partial charge on any atom is -0.490 e. The topological polar surface area (TPSA) is 57.1 Å². The molecule has 0 N–H and O–H groups in total. The van der Waals surface area contributed by atoms with Crippen molar-refractivity contribution in [2.75, 3.05) is 6.61 Å². The van der Waals surface area contributed by atoms with Crippen LogP contribution in [0.2, 0.25) is 10.0 Å². The molecule has 0 atom stereocenters. The standard InChI is InChI=1S/C26H21Cl2NO4/c1-3-31-23-14-18(12-21(28)24(23)32-15-17-8-6-7-16(2)11-17)13-22-26(30)33-25(29-22)19-9-4-5-10-20(19)27/h4-14H,3,15H2,1-2H3/b22-13-. The largest absolute Gasteiger partial charge is 0.490 e. The fourth-order valence-corrected chi connectivity index (χ4v) is 3.84. The van der Waals surface area contributed by atoms with E-state index in [9.17, 15) is 4.79 Å². The van der Waals surface area contributed by atoms with Crippen molar-refractivity contribution in [2.24, 2.45) is 4.99 Å². The van der Waals surface area contributed by atoms with E-state index < -0.39 is 5.97 Å². The van der Waals surface area contributed by atoms with Gasteiger partial charge in [0.25, 0.3) is 0 Å². The van der Waals surface area contributed by atoms with Crippen molar-refractivity contribution in [1.29, 1.82) is 0 Å². The maximum Gasteiger partial charge on any atom is 0.363 e. The zero-order chi connectivity index (χ0) is 23.4. The number of cyclic esters (lactones) is 1. The Bertz CT molecular complexity index is 1270. The number of carbonyl (C=O) groups excluding carboxylic acids is 1. The lowest BCUT2D eigenvalue weighted by atomic mass is 10.1. The number of benzene rings is 3. The summed E-state index contributed by atoms with van der Waals surface area (Å²) in [5.74, 6) is 0.507. The Labute approximate surface area is 202 Å². The lowest BCUT2D eigenvalue weighted by Gasteiger charge is -2.15. The summed E-state index contributed by atoms with van der Waals surface area (Å²) < 4.78 is 17.1. The molecule has 1 aliphatic heterocycles. The van der Waals surface area contributed by atoms with E-state index in [0.29, 0.717) is 45.9 Å². The van der Waals surface area contributed by atoms with Gasteiger partial charge >= 0.3 is 5.97 Å². The van der Waals surface area contributed by atoms with Gasteiger partial charge in [0, 0.05) is 0 Å². The van der Waals surface area contributed by atoms with E-state index in [0.717, 1.165) is 11.1 Å². The molecule has 0 amide bonds. The molecule has 168 valence electrons. The number of aliphatic imine (C=N–C) groups is 1. The van der Waals surface area contributed by atoms with Crippen molar-refractivity contribution in [3.63, 3.8) is 0 Å². The average Bonchev–Trinajstić information content (AvgIpc) is 3.13. The number of hydrogen-bond acceptors (Lipinski definition) is 5. The van der Waals surface area contributed by atoms with E-state index >= 15 is 0 Å². The Morgan fingerprint density at radius 1 is 1.00 bits per heavy atom. The summed E-state index contributed by atoms with van der Waals surface area (Å²) in [6, 6.07) is 18.5. The molecule has 0 fully saturated rings. The van der Waals surface area contributed by atoms with Crippen molar-refractivity contribution in [2.45, 2.75) is 20.5 Å². The van der Waals surface area contributed by atoms with Gasteiger partial charge in [0.05, 0.1) is 22.2 Å². The molecule has 33 heavy (non-hydrogen) atoms. The molecule has 3 aromatic carbocycles. The molecule has 0 unspecified atom stereocenters. The lowest BCUT2D eigenvalue weighted by molar-refractivity contribution is -0.129. The second-order valence-corrected chi connectivity index (χ2v) is 8.17. The molecule has 0 radical (unpaired) electrons. The first-order valence-corrected chi connectivity index (χ1v) is 11.1. The molecule has 0 spiro atoms. The molecule has 0 aliphatic carbocycles. The summed E-state index contributed by atoms with van der Waals surface area (Å²) in [5, 5.41) is 0.809. The van der Waals surface area contributed by atoms with Crippen LogP contribution in [0.25, 0.3) is 6.08 Å².